The largest absolute Gasteiger partial charge is 0.315 e. The number of rotatable bonds is 7. The van der Waals surface area contributed by atoms with Crippen LogP contribution in [0.15, 0.2) is 15.9 Å². The Balaban J connectivity index is 2.13. The van der Waals surface area contributed by atoms with Crippen molar-refractivity contribution in [2.45, 2.75) is 13.3 Å². The molecule has 1 heterocycles. The highest BCUT2D eigenvalue weighted by atomic mass is 79.9. The van der Waals surface area contributed by atoms with Crippen molar-refractivity contribution in [3.8, 4) is 0 Å². The van der Waals surface area contributed by atoms with Crippen LogP contribution in [0.1, 0.15) is 11.8 Å². The highest BCUT2D eigenvalue weighted by Gasteiger charge is 2.05. The maximum atomic E-state index is 11.2. The lowest BCUT2D eigenvalue weighted by Gasteiger charge is -2.03. The maximum Gasteiger partial charge on any atom is 0.151 e. The predicted octanol–water partition coefficient (Wildman–Crippen LogP) is 2.08. The van der Waals surface area contributed by atoms with Gasteiger partial charge in [-0.05, 0) is 41.0 Å². The van der Waals surface area contributed by atoms with Gasteiger partial charge >= 0.3 is 0 Å². The van der Waals surface area contributed by atoms with Gasteiger partial charge in [-0.3, -0.25) is 0 Å². The predicted molar refractivity (Wildman–Crippen MR) is 72.9 cm³/mol. The third-order valence-electron chi connectivity index (χ3n) is 2.21. The Bertz CT molecular complexity index is 414. The van der Waals surface area contributed by atoms with Gasteiger partial charge in [0.25, 0.3) is 0 Å². The maximum absolute atomic E-state index is 11.2. The van der Waals surface area contributed by atoms with Crippen molar-refractivity contribution in [2.75, 3.05) is 24.6 Å². The second-order valence-corrected chi connectivity index (χ2v) is 8.46. The van der Waals surface area contributed by atoms with E-state index in [-0.39, 0.29) is 11.5 Å². The molecule has 0 radical (unpaired) electrons. The van der Waals surface area contributed by atoms with Gasteiger partial charge in [-0.15, -0.1) is 11.3 Å². The minimum Gasteiger partial charge on any atom is -0.315 e. The van der Waals surface area contributed by atoms with E-state index in [1.54, 1.807) is 18.3 Å². The highest BCUT2D eigenvalue weighted by molar-refractivity contribution is 9.11. The van der Waals surface area contributed by atoms with Crippen LogP contribution in [0, 0.1) is 0 Å². The van der Waals surface area contributed by atoms with E-state index in [0.29, 0.717) is 6.54 Å². The number of halogens is 1. The molecule has 0 bridgehead atoms. The summed E-state index contributed by atoms with van der Waals surface area (Å²) in [6.07, 6.45) is 0.947. The Hall–Kier alpha value is 0.0900. The molecule has 0 aromatic carbocycles. The molecule has 3 nitrogen and oxygen atoms in total. The second kappa shape index (κ2) is 6.74. The molecule has 0 atom stereocenters. The molecule has 0 saturated carbocycles. The SMILES string of the molecule is CCS(=O)(=O)CCNCCc1ccc(Br)s1. The molecule has 0 fully saturated rings. The Morgan fingerprint density at radius 3 is 2.69 bits per heavy atom. The van der Waals surface area contributed by atoms with Gasteiger partial charge in [0, 0.05) is 17.2 Å². The summed E-state index contributed by atoms with van der Waals surface area (Å²) in [7, 11) is -2.83. The summed E-state index contributed by atoms with van der Waals surface area (Å²) in [6.45, 7) is 3.05. The first-order valence-corrected chi connectivity index (χ1v) is 8.62. The molecule has 1 N–H and O–H groups in total. The molecular formula is C10H16BrNO2S2. The Morgan fingerprint density at radius 1 is 1.38 bits per heavy atom. The lowest BCUT2D eigenvalue weighted by atomic mass is 10.3. The fourth-order valence-corrected chi connectivity index (χ4v) is 3.42. The lowest BCUT2D eigenvalue weighted by molar-refractivity contribution is 0.592. The molecule has 1 aromatic heterocycles. The van der Waals surface area contributed by atoms with Crippen molar-refractivity contribution in [2.24, 2.45) is 0 Å². The van der Waals surface area contributed by atoms with Crippen molar-refractivity contribution in [3.05, 3.63) is 20.8 Å². The van der Waals surface area contributed by atoms with Crippen molar-refractivity contribution in [3.63, 3.8) is 0 Å². The van der Waals surface area contributed by atoms with E-state index < -0.39 is 9.84 Å². The van der Waals surface area contributed by atoms with Gasteiger partial charge in [0.05, 0.1) is 9.54 Å². The molecule has 0 aliphatic carbocycles. The van der Waals surface area contributed by atoms with Gasteiger partial charge in [0.2, 0.25) is 0 Å². The van der Waals surface area contributed by atoms with Gasteiger partial charge in [-0.25, -0.2) is 8.42 Å². The highest BCUT2D eigenvalue weighted by Crippen LogP contribution is 2.21. The zero-order valence-corrected chi connectivity index (χ0v) is 12.4. The lowest BCUT2D eigenvalue weighted by Crippen LogP contribution is -2.25. The summed E-state index contributed by atoms with van der Waals surface area (Å²) in [5.74, 6) is 0.462. The van der Waals surface area contributed by atoms with Crippen LogP contribution in [0.5, 0.6) is 0 Å². The summed E-state index contributed by atoms with van der Waals surface area (Å²) in [4.78, 5) is 1.30. The first-order valence-electron chi connectivity index (χ1n) is 5.19. The first kappa shape index (κ1) is 14.2. The third kappa shape index (κ3) is 5.43. The number of nitrogens with one attached hydrogen (secondary N) is 1. The number of hydrogen-bond acceptors (Lipinski definition) is 4. The van der Waals surface area contributed by atoms with Crippen molar-refractivity contribution < 1.29 is 8.42 Å². The van der Waals surface area contributed by atoms with Crippen LogP contribution in [-0.2, 0) is 16.3 Å². The van der Waals surface area contributed by atoms with Crippen molar-refractivity contribution in [1.82, 2.24) is 5.32 Å². The molecule has 0 aliphatic rings. The molecule has 0 spiro atoms. The van der Waals surface area contributed by atoms with Crippen LogP contribution in [0.4, 0.5) is 0 Å². The fraction of sp³-hybridized carbons (Fsp3) is 0.600. The van der Waals surface area contributed by atoms with E-state index in [9.17, 15) is 8.42 Å². The standard InChI is InChI=1S/C10H16BrNO2S2/c1-2-16(13,14)8-7-12-6-5-9-3-4-10(11)15-9/h3-4,12H,2,5-8H2,1H3. The van der Waals surface area contributed by atoms with Crippen molar-refractivity contribution >= 4 is 37.1 Å². The van der Waals surface area contributed by atoms with E-state index >= 15 is 0 Å². The molecule has 0 aliphatic heterocycles. The number of hydrogen-bond donors (Lipinski definition) is 1. The molecule has 6 heteroatoms. The molecule has 16 heavy (non-hydrogen) atoms. The van der Waals surface area contributed by atoms with Gasteiger partial charge < -0.3 is 5.32 Å². The normalized spacial score (nSPS) is 11.9. The second-order valence-electron chi connectivity index (χ2n) is 3.44. The van der Waals surface area contributed by atoms with Gasteiger partial charge in [-0.2, -0.15) is 0 Å². The topological polar surface area (TPSA) is 46.2 Å². The monoisotopic (exact) mass is 325 g/mol. The van der Waals surface area contributed by atoms with Crippen LogP contribution in [0.25, 0.3) is 0 Å². The van der Waals surface area contributed by atoms with Crippen molar-refractivity contribution in [1.29, 1.82) is 0 Å². The van der Waals surface area contributed by atoms with Crippen LogP contribution in [0.2, 0.25) is 0 Å². The zero-order valence-electron chi connectivity index (χ0n) is 9.20. The minimum absolute atomic E-state index is 0.229. The molecular weight excluding hydrogens is 310 g/mol. The quantitative estimate of drug-likeness (QED) is 0.781. The molecule has 1 aromatic rings. The molecule has 92 valence electrons. The Morgan fingerprint density at radius 2 is 2.12 bits per heavy atom. The summed E-state index contributed by atoms with van der Waals surface area (Å²) < 4.78 is 23.5. The summed E-state index contributed by atoms with van der Waals surface area (Å²) in [5.41, 5.74) is 0. The van der Waals surface area contributed by atoms with E-state index in [1.165, 1.54) is 4.88 Å². The summed E-state index contributed by atoms with van der Waals surface area (Å²) in [6, 6.07) is 4.11. The van der Waals surface area contributed by atoms with Crippen LogP contribution >= 0.6 is 27.3 Å². The Kier molecular flexibility index (Phi) is 5.96. The average Bonchev–Trinajstić information content (AvgIpc) is 2.64. The van der Waals surface area contributed by atoms with Crippen LogP contribution in [-0.4, -0.2) is 33.0 Å². The number of thiophene rings is 1. The van der Waals surface area contributed by atoms with E-state index in [0.717, 1.165) is 16.8 Å². The van der Waals surface area contributed by atoms with E-state index in [1.807, 2.05) is 6.07 Å². The van der Waals surface area contributed by atoms with Gasteiger partial charge in [0.15, 0.2) is 9.84 Å². The Labute approximate surface area is 109 Å². The first-order chi connectivity index (χ1) is 7.53. The van der Waals surface area contributed by atoms with Gasteiger partial charge in [-0.1, -0.05) is 6.92 Å². The van der Waals surface area contributed by atoms with Gasteiger partial charge in [0.1, 0.15) is 0 Å². The summed E-state index contributed by atoms with van der Waals surface area (Å²) in [5, 5.41) is 3.15. The fourth-order valence-electron chi connectivity index (χ4n) is 1.19. The van der Waals surface area contributed by atoms with Crippen LogP contribution < -0.4 is 5.32 Å². The zero-order chi connectivity index (χ0) is 12.0. The molecule has 0 amide bonds. The van der Waals surface area contributed by atoms with Crippen LogP contribution in [0.3, 0.4) is 0 Å². The van der Waals surface area contributed by atoms with E-state index in [4.69, 9.17) is 0 Å². The molecule has 0 unspecified atom stereocenters. The van der Waals surface area contributed by atoms with E-state index in [2.05, 4.69) is 27.3 Å². The molecule has 1 rings (SSSR count). The smallest absolute Gasteiger partial charge is 0.151 e. The average molecular weight is 326 g/mol. The summed E-state index contributed by atoms with van der Waals surface area (Å²) >= 11 is 5.12. The molecule has 0 saturated heterocycles. The third-order valence-corrected chi connectivity index (χ3v) is 5.60. The number of sulfone groups is 1. The minimum atomic E-state index is -2.83.